The summed E-state index contributed by atoms with van der Waals surface area (Å²) in [5, 5.41) is 0.346. The SMILES string of the molecule is Cc1c(Cl)[nH]c2nccn2c1=O. The summed E-state index contributed by atoms with van der Waals surface area (Å²) in [6.45, 7) is 1.67. The van der Waals surface area contributed by atoms with Gasteiger partial charge in [-0.25, -0.2) is 4.98 Å². The van der Waals surface area contributed by atoms with Gasteiger partial charge in [0, 0.05) is 12.4 Å². The van der Waals surface area contributed by atoms with E-state index >= 15 is 0 Å². The average Bonchev–Trinajstić information content (AvgIpc) is 2.48. The highest BCUT2D eigenvalue weighted by molar-refractivity contribution is 6.30. The number of fused-ring (bicyclic) bond motifs is 1. The molecule has 0 atom stereocenters. The summed E-state index contributed by atoms with van der Waals surface area (Å²) in [5.41, 5.74) is 0.369. The predicted molar refractivity (Wildman–Crippen MR) is 45.6 cm³/mol. The quantitative estimate of drug-likeness (QED) is 0.620. The van der Waals surface area contributed by atoms with Crippen molar-refractivity contribution >= 4 is 17.4 Å². The zero-order chi connectivity index (χ0) is 8.72. The van der Waals surface area contributed by atoms with Crippen molar-refractivity contribution in [1.82, 2.24) is 14.4 Å². The summed E-state index contributed by atoms with van der Waals surface area (Å²) in [6, 6.07) is 0. The number of hydrogen-bond acceptors (Lipinski definition) is 2. The Hall–Kier alpha value is -1.29. The van der Waals surface area contributed by atoms with Crippen LogP contribution < -0.4 is 5.56 Å². The van der Waals surface area contributed by atoms with Crippen LogP contribution in [0.15, 0.2) is 17.2 Å². The lowest BCUT2D eigenvalue weighted by Gasteiger charge is -1.97. The van der Waals surface area contributed by atoms with Crippen LogP contribution >= 0.6 is 11.6 Å². The summed E-state index contributed by atoms with van der Waals surface area (Å²) in [4.78, 5) is 18.1. The number of nitrogens with zero attached hydrogens (tertiary/aromatic N) is 2. The van der Waals surface area contributed by atoms with Crippen molar-refractivity contribution in [2.45, 2.75) is 6.92 Å². The molecule has 0 aliphatic heterocycles. The zero-order valence-corrected chi connectivity index (χ0v) is 7.09. The molecule has 5 heteroatoms. The van der Waals surface area contributed by atoms with Crippen molar-refractivity contribution in [3.63, 3.8) is 0 Å². The van der Waals surface area contributed by atoms with Crippen LogP contribution in [0.5, 0.6) is 0 Å². The van der Waals surface area contributed by atoms with Gasteiger partial charge < -0.3 is 4.98 Å². The molecule has 2 aromatic heterocycles. The summed E-state index contributed by atoms with van der Waals surface area (Å²) in [5.74, 6) is 0.468. The van der Waals surface area contributed by atoms with Crippen LogP contribution in [0.4, 0.5) is 0 Å². The lowest BCUT2D eigenvalue weighted by molar-refractivity contribution is 1.02. The Morgan fingerprint density at radius 3 is 3.17 bits per heavy atom. The van der Waals surface area contributed by atoms with Gasteiger partial charge in [0.2, 0.25) is 5.78 Å². The molecular weight excluding hydrogens is 178 g/mol. The summed E-state index contributed by atoms with van der Waals surface area (Å²) in [6.07, 6.45) is 3.14. The van der Waals surface area contributed by atoms with E-state index in [1.807, 2.05) is 0 Å². The molecule has 0 spiro atoms. The monoisotopic (exact) mass is 183 g/mol. The first-order chi connectivity index (χ1) is 5.70. The Labute approximate surface area is 72.8 Å². The Bertz CT molecular complexity index is 485. The van der Waals surface area contributed by atoms with Crippen LogP contribution in [0.3, 0.4) is 0 Å². The van der Waals surface area contributed by atoms with E-state index in [9.17, 15) is 4.79 Å². The van der Waals surface area contributed by atoms with Crippen molar-refractivity contribution in [2.75, 3.05) is 0 Å². The minimum absolute atomic E-state index is 0.133. The van der Waals surface area contributed by atoms with Crippen LogP contribution in [0.25, 0.3) is 5.78 Å². The van der Waals surface area contributed by atoms with Gasteiger partial charge in [-0.3, -0.25) is 9.20 Å². The molecule has 0 saturated heterocycles. The molecule has 0 amide bonds. The fraction of sp³-hybridized carbons (Fsp3) is 0.143. The number of imidazole rings is 1. The highest BCUT2D eigenvalue weighted by atomic mass is 35.5. The molecule has 0 unspecified atom stereocenters. The number of hydrogen-bond donors (Lipinski definition) is 1. The first-order valence-corrected chi connectivity index (χ1v) is 3.79. The Kier molecular flexibility index (Phi) is 1.44. The molecule has 12 heavy (non-hydrogen) atoms. The van der Waals surface area contributed by atoms with Crippen LogP contribution in [-0.2, 0) is 0 Å². The molecule has 2 heterocycles. The second kappa shape index (κ2) is 2.35. The van der Waals surface area contributed by atoms with E-state index in [-0.39, 0.29) is 5.56 Å². The third kappa shape index (κ3) is 0.848. The Morgan fingerprint density at radius 2 is 2.42 bits per heavy atom. The molecule has 0 radical (unpaired) electrons. The zero-order valence-electron chi connectivity index (χ0n) is 6.34. The van der Waals surface area contributed by atoms with Gasteiger partial charge >= 0.3 is 0 Å². The van der Waals surface area contributed by atoms with E-state index in [1.54, 1.807) is 19.3 Å². The first-order valence-electron chi connectivity index (χ1n) is 3.41. The van der Waals surface area contributed by atoms with E-state index in [2.05, 4.69) is 9.97 Å². The standard InChI is InChI=1S/C7H6ClN3O/c1-4-5(8)10-7-9-2-3-11(7)6(4)12/h2-3H,1H3,(H,9,10). The first kappa shape index (κ1) is 7.36. The number of aromatic amines is 1. The predicted octanol–water partition coefficient (Wildman–Crippen LogP) is 0.984. The highest BCUT2D eigenvalue weighted by Crippen LogP contribution is 2.07. The lowest BCUT2D eigenvalue weighted by atomic mass is 10.4. The van der Waals surface area contributed by atoms with Gasteiger partial charge in [-0.05, 0) is 6.92 Å². The van der Waals surface area contributed by atoms with Crippen LogP contribution in [-0.4, -0.2) is 14.4 Å². The normalized spacial score (nSPS) is 10.8. The summed E-state index contributed by atoms with van der Waals surface area (Å²) < 4.78 is 1.42. The fourth-order valence-electron chi connectivity index (χ4n) is 1.03. The smallest absolute Gasteiger partial charge is 0.263 e. The molecule has 0 aliphatic carbocycles. The van der Waals surface area contributed by atoms with E-state index in [0.717, 1.165) is 0 Å². The molecule has 0 fully saturated rings. The number of halogens is 1. The Balaban J connectivity index is 3.05. The van der Waals surface area contributed by atoms with Crippen LogP contribution in [0.2, 0.25) is 5.15 Å². The third-order valence-corrected chi connectivity index (χ3v) is 2.11. The van der Waals surface area contributed by atoms with E-state index in [4.69, 9.17) is 11.6 Å². The number of rotatable bonds is 0. The molecular formula is C7H6ClN3O. The maximum atomic E-state index is 11.4. The van der Waals surface area contributed by atoms with Crippen LogP contribution in [0, 0.1) is 6.92 Å². The summed E-state index contributed by atoms with van der Waals surface area (Å²) >= 11 is 5.74. The van der Waals surface area contributed by atoms with Gasteiger partial charge in [0.15, 0.2) is 0 Å². The van der Waals surface area contributed by atoms with Gasteiger partial charge in [0.05, 0.1) is 5.56 Å². The largest absolute Gasteiger partial charge is 0.315 e. The minimum atomic E-state index is -0.133. The lowest BCUT2D eigenvalue weighted by Crippen LogP contribution is -2.16. The Morgan fingerprint density at radius 1 is 1.67 bits per heavy atom. The van der Waals surface area contributed by atoms with Crippen molar-refractivity contribution in [3.8, 4) is 0 Å². The van der Waals surface area contributed by atoms with Crippen molar-refractivity contribution in [2.24, 2.45) is 0 Å². The molecule has 0 saturated carbocycles. The van der Waals surface area contributed by atoms with Gasteiger partial charge in [-0.15, -0.1) is 0 Å². The van der Waals surface area contributed by atoms with Crippen molar-refractivity contribution < 1.29 is 0 Å². The van der Waals surface area contributed by atoms with Crippen LogP contribution in [0.1, 0.15) is 5.56 Å². The maximum absolute atomic E-state index is 11.4. The third-order valence-electron chi connectivity index (χ3n) is 1.73. The second-order valence-corrected chi connectivity index (χ2v) is 2.87. The van der Waals surface area contributed by atoms with E-state index in [1.165, 1.54) is 4.40 Å². The van der Waals surface area contributed by atoms with E-state index in [0.29, 0.717) is 16.5 Å². The molecule has 2 aromatic rings. The molecule has 1 N–H and O–H groups in total. The van der Waals surface area contributed by atoms with Gasteiger partial charge in [-0.1, -0.05) is 11.6 Å². The van der Waals surface area contributed by atoms with E-state index < -0.39 is 0 Å². The molecule has 0 bridgehead atoms. The molecule has 2 rings (SSSR count). The molecule has 0 aliphatic rings. The second-order valence-electron chi connectivity index (χ2n) is 2.49. The fourth-order valence-corrected chi connectivity index (χ4v) is 1.19. The number of nitrogens with one attached hydrogen (secondary N) is 1. The topological polar surface area (TPSA) is 50.2 Å². The van der Waals surface area contributed by atoms with Crippen molar-refractivity contribution in [1.29, 1.82) is 0 Å². The molecule has 62 valence electrons. The van der Waals surface area contributed by atoms with Gasteiger partial charge in [-0.2, -0.15) is 0 Å². The minimum Gasteiger partial charge on any atom is -0.315 e. The highest BCUT2D eigenvalue weighted by Gasteiger charge is 2.04. The number of H-pyrrole nitrogens is 1. The molecule has 4 nitrogen and oxygen atoms in total. The average molecular weight is 184 g/mol. The van der Waals surface area contributed by atoms with Gasteiger partial charge in [0.25, 0.3) is 5.56 Å². The maximum Gasteiger partial charge on any atom is 0.263 e. The molecule has 0 aromatic carbocycles. The van der Waals surface area contributed by atoms with Gasteiger partial charge in [0.1, 0.15) is 5.15 Å². The number of aromatic nitrogens is 3. The summed E-state index contributed by atoms with van der Waals surface area (Å²) in [7, 11) is 0. The van der Waals surface area contributed by atoms with Crippen molar-refractivity contribution in [3.05, 3.63) is 33.5 Å².